The number of methoxy groups -OCH3 is 1. The molecule has 1 rings (SSSR count). The van der Waals surface area contributed by atoms with Gasteiger partial charge in [0.15, 0.2) is 0 Å². The number of hydrogen-bond acceptors (Lipinski definition) is 5. The van der Waals surface area contributed by atoms with Crippen LogP contribution >= 0.6 is 0 Å². The van der Waals surface area contributed by atoms with Crippen molar-refractivity contribution in [2.24, 2.45) is 0 Å². The summed E-state index contributed by atoms with van der Waals surface area (Å²) in [6, 6.07) is -0.312. The van der Waals surface area contributed by atoms with Gasteiger partial charge in [-0.15, -0.1) is 0 Å². The zero-order chi connectivity index (χ0) is 13.1. The van der Waals surface area contributed by atoms with Crippen LogP contribution in [0.2, 0.25) is 0 Å². The topological polar surface area (TPSA) is 55.8 Å². The smallest absolute Gasteiger partial charge is 0.323 e. The summed E-state index contributed by atoms with van der Waals surface area (Å²) >= 11 is 0. The second kappa shape index (κ2) is 5.49. The number of carbonyl (C=O) groups is 2. The number of esters is 2. The van der Waals surface area contributed by atoms with Gasteiger partial charge in [0.05, 0.1) is 13.7 Å². The van der Waals surface area contributed by atoms with Gasteiger partial charge in [0.2, 0.25) is 0 Å². The molecular formula is C12H21NO4. The first-order valence-electron chi connectivity index (χ1n) is 5.87. The molecule has 1 aliphatic heterocycles. The lowest BCUT2D eigenvalue weighted by Crippen LogP contribution is -2.42. The van der Waals surface area contributed by atoms with E-state index in [1.54, 1.807) is 0 Å². The summed E-state index contributed by atoms with van der Waals surface area (Å²) in [5.41, 5.74) is -0.489. The van der Waals surface area contributed by atoms with Gasteiger partial charge in [-0.3, -0.25) is 14.5 Å². The highest BCUT2D eigenvalue weighted by molar-refractivity contribution is 5.78. The summed E-state index contributed by atoms with van der Waals surface area (Å²) in [5.74, 6) is -0.570. The van der Waals surface area contributed by atoms with Crippen molar-refractivity contribution in [3.8, 4) is 0 Å². The maximum Gasteiger partial charge on any atom is 0.323 e. The van der Waals surface area contributed by atoms with Gasteiger partial charge in [0, 0.05) is 0 Å². The van der Waals surface area contributed by atoms with Gasteiger partial charge in [0.1, 0.15) is 11.6 Å². The Morgan fingerprint density at radius 1 is 1.35 bits per heavy atom. The minimum absolute atomic E-state index is 0.153. The summed E-state index contributed by atoms with van der Waals surface area (Å²) in [7, 11) is 1.35. The average molecular weight is 243 g/mol. The molecule has 0 bridgehead atoms. The molecular weight excluding hydrogens is 222 g/mol. The summed E-state index contributed by atoms with van der Waals surface area (Å²) in [6.45, 7) is 6.40. The summed E-state index contributed by atoms with van der Waals surface area (Å²) in [4.78, 5) is 24.9. The van der Waals surface area contributed by atoms with Gasteiger partial charge in [-0.25, -0.2) is 0 Å². The van der Waals surface area contributed by atoms with E-state index >= 15 is 0 Å². The van der Waals surface area contributed by atoms with E-state index < -0.39 is 5.60 Å². The summed E-state index contributed by atoms with van der Waals surface area (Å²) in [5, 5.41) is 0. The van der Waals surface area contributed by atoms with Crippen LogP contribution in [0.3, 0.4) is 0 Å². The molecule has 0 unspecified atom stereocenters. The first-order chi connectivity index (χ1) is 7.83. The second-order valence-electron chi connectivity index (χ2n) is 5.24. The van der Waals surface area contributed by atoms with Crippen LogP contribution < -0.4 is 0 Å². The standard InChI is InChI=1S/C12H21NO4/c1-12(2,3)17-11(15)9-6-5-7-13(9)8-10(14)16-4/h9H,5-8H2,1-4H3/t9-/m0/s1. The van der Waals surface area contributed by atoms with E-state index in [9.17, 15) is 9.59 Å². The first-order valence-corrected chi connectivity index (χ1v) is 5.87. The van der Waals surface area contributed by atoms with E-state index in [2.05, 4.69) is 4.74 Å². The SMILES string of the molecule is COC(=O)CN1CCC[C@H]1C(=O)OC(C)(C)C. The largest absolute Gasteiger partial charge is 0.468 e. The molecule has 0 amide bonds. The van der Waals surface area contributed by atoms with Crippen molar-refractivity contribution < 1.29 is 19.1 Å². The lowest BCUT2D eigenvalue weighted by Gasteiger charge is -2.26. The third-order valence-electron chi connectivity index (χ3n) is 2.60. The van der Waals surface area contributed by atoms with Gasteiger partial charge in [-0.2, -0.15) is 0 Å². The van der Waals surface area contributed by atoms with E-state index in [1.165, 1.54) is 7.11 Å². The maximum absolute atomic E-state index is 11.9. The molecule has 0 radical (unpaired) electrons. The van der Waals surface area contributed by atoms with Crippen molar-refractivity contribution in [3.05, 3.63) is 0 Å². The Balaban J connectivity index is 2.57. The predicted octanol–water partition coefficient (Wildman–Crippen LogP) is 0.965. The minimum atomic E-state index is -0.489. The molecule has 0 aromatic rings. The Kier molecular flexibility index (Phi) is 4.51. The molecule has 98 valence electrons. The molecule has 1 aliphatic rings. The lowest BCUT2D eigenvalue weighted by molar-refractivity contribution is -0.161. The quantitative estimate of drug-likeness (QED) is 0.691. The maximum atomic E-state index is 11.9. The molecule has 0 aromatic heterocycles. The molecule has 5 nitrogen and oxygen atoms in total. The van der Waals surface area contributed by atoms with Crippen molar-refractivity contribution in [3.63, 3.8) is 0 Å². The molecule has 0 N–H and O–H groups in total. The molecule has 1 fully saturated rings. The zero-order valence-corrected chi connectivity index (χ0v) is 11.0. The van der Waals surface area contributed by atoms with Crippen molar-refractivity contribution in [2.75, 3.05) is 20.2 Å². The predicted molar refractivity (Wildman–Crippen MR) is 62.5 cm³/mol. The zero-order valence-electron chi connectivity index (χ0n) is 11.0. The monoisotopic (exact) mass is 243 g/mol. The van der Waals surface area contributed by atoms with E-state index in [4.69, 9.17) is 4.74 Å². The third-order valence-corrected chi connectivity index (χ3v) is 2.60. The van der Waals surface area contributed by atoms with Crippen molar-refractivity contribution in [2.45, 2.75) is 45.3 Å². The number of carbonyl (C=O) groups excluding carboxylic acids is 2. The van der Waals surface area contributed by atoms with Gasteiger partial charge in [-0.05, 0) is 40.2 Å². The van der Waals surface area contributed by atoms with Gasteiger partial charge in [-0.1, -0.05) is 0 Å². The molecule has 0 aliphatic carbocycles. The molecule has 0 aromatic carbocycles. The third kappa shape index (κ3) is 4.34. The molecule has 1 saturated heterocycles. The van der Waals surface area contributed by atoms with Crippen molar-refractivity contribution >= 4 is 11.9 Å². The van der Waals surface area contributed by atoms with Crippen LogP contribution in [-0.4, -0.2) is 48.7 Å². The average Bonchev–Trinajstić information content (AvgIpc) is 2.63. The number of hydrogen-bond donors (Lipinski definition) is 0. The summed E-state index contributed by atoms with van der Waals surface area (Å²) < 4.78 is 9.94. The molecule has 0 saturated carbocycles. The molecule has 5 heteroatoms. The lowest BCUT2D eigenvalue weighted by atomic mass is 10.1. The minimum Gasteiger partial charge on any atom is -0.468 e. The molecule has 0 spiro atoms. The van der Waals surface area contributed by atoms with Gasteiger partial charge < -0.3 is 9.47 Å². The molecule has 1 atom stereocenters. The van der Waals surface area contributed by atoms with E-state index in [1.807, 2.05) is 25.7 Å². The van der Waals surface area contributed by atoms with Crippen LogP contribution in [0.4, 0.5) is 0 Å². The Bertz CT molecular complexity index is 295. The fourth-order valence-electron chi connectivity index (χ4n) is 1.88. The van der Waals surface area contributed by atoms with Gasteiger partial charge >= 0.3 is 11.9 Å². The van der Waals surface area contributed by atoms with E-state index in [0.717, 1.165) is 19.4 Å². The van der Waals surface area contributed by atoms with E-state index in [-0.39, 0.29) is 24.5 Å². The number of ether oxygens (including phenoxy) is 2. The van der Waals surface area contributed by atoms with Gasteiger partial charge in [0.25, 0.3) is 0 Å². The Labute approximate surface area is 102 Å². The molecule has 1 heterocycles. The second-order valence-corrected chi connectivity index (χ2v) is 5.24. The van der Waals surface area contributed by atoms with Crippen LogP contribution in [0.1, 0.15) is 33.6 Å². The van der Waals surface area contributed by atoms with Crippen LogP contribution in [0.15, 0.2) is 0 Å². The number of nitrogens with zero attached hydrogens (tertiary/aromatic N) is 1. The Hall–Kier alpha value is -1.10. The molecule has 17 heavy (non-hydrogen) atoms. The summed E-state index contributed by atoms with van der Waals surface area (Å²) in [6.07, 6.45) is 1.65. The van der Waals surface area contributed by atoms with Crippen LogP contribution in [-0.2, 0) is 19.1 Å². The highest BCUT2D eigenvalue weighted by atomic mass is 16.6. The number of likely N-dealkylation sites (tertiary alicyclic amines) is 1. The number of rotatable bonds is 3. The van der Waals surface area contributed by atoms with Crippen molar-refractivity contribution in [1.82, 2.24) is 4.90 Å². The Morgan fingerprint density at radius 3 is 2.53 bits per heavy atom. The normalized spacial score (nSPS) is 21.3. The van der Waals surface area contributed by atoms with Crippen LogP contribution in [0.5, 0.6) is 0 Å². The van der Waals surface area contributed by atoms with E-state index in [0.29, 0.717) is 0 Å². The highest BCUT2D eigenvalue weighted by Crippen LogP contribution is 2.20. The fourth-order valence-corrected chi connectivity index (χ4v) is 1.88. The first kappa shape index (κ1) is 14.0. The fraction of sp³-hybridized carbons (Fsp3) is 0.833. The van der Waals surface area contributed by atoms with Crippen LogP contribution in [0.25, 0.3) is 0 Å². The highest BCUT2D eigenvalue weighted by Gasteiger charge is 2.35. The van der Waals surface area contributed by atoms with Crippen molar-refractivity contribution in [1.29, 1.82) is 0 Å². The Morgan fingerprint density at radius 2 is 2.00 bits per heavy atom. The van der Waals surface area contributed by atoms with Crippen LogP contribution in [0, 0.1) is 0 Å².